The van der Waals surface area contributed by atoms with Crippen molar-refractivity contribution < 1.29 is 9.90 Å². The second-order valence-corrected chi connectivity index (χ2v) is 4.50. The molecule has 0 spiro atoms. The number of fused-ring (bicyclic) bond motifs is 1. The van der Waals surface area contributed by atoms with Gasteiger partial charge in [0.25, 0.3) is 0 Å². The van der Waals surface area contributed by atoms with Gasteiger partial charge in [-0.3, -0.25) is 4.68 Å². The van der Waals surface area contributed by atoms with Gasteiger partial charge in [0.1, 0.15) is 0 Å². The van der Waals surface area contributed by atoms with E-state index in [1.165, 1.54) is 0 Å². The van der Waals surface area contributed by atoms with E-state index in [4.69, 9.17) is 0 Å². The zero-order valence-electron chi connectivity index (χ0n) is 11.0. The number of hydrogen-bond donors (Lipinski definition) is 1. The molecule has 0 aliphatic rings. The van der Waals surface area contributed by atoms with Gasteiger partial charge >= 0.3 is 5.97 Å². The number of benzene rings is 1. The van der Waals surface area contributed by atoms with Gasteiger partial charge in [-0.15, -0.1) is 0 Å². The van der Waals surface area contributed by atoms with Gasteiger partial charge in [-0.2, -0.15) is 5.10 Å². The van der Waals surface area contributed by atoms with Crippen LogP contribution < -0.4 is 0 Å². The number of imidazole rings is 1. The third-order valence-electron chi connectivity index (χ3n) is 3.31. The summed E-state index contributed by atoms with van der Waals surface area (Å²) in [4.78, 5) is 15.4. The third-order valence-corrected chi connectivity index (χ3v) is 3.31. The van der Waals surface area contributed by atoms with Gasteiger partial charge in [-0.05, 0) is 13.0 Å². The number of hydrogen-bond acceptors (Lipinski definition) is 3. The monoisotopic (exact) mass is 270 g/mol. The summed E-state index contributed by atoms with van der Waals surface area (Å²) in [6.45, 7) is 3.36. The van der Waals surface area contributed by atoms with E-state index >= 15 is 0 Å². The molecule has 0 aliphatic heterocycles. The minimum atomic E-state index is -1.01. The first-order valence-corrected chi connectivity index (χ1v) is 6.38. The van der Waals surface area contributed by atoms with Gasteiger partial charge in [0.15, 0.2) is 5.69 Å². The second kappa shape index (κ2) is 4.80. The fraction of sp³-hybridized carbons (Fsp3) is 0.214. The summed E-state index contributed by atoms with van der Waals surface area (Å²) in [5.74, 6) is -1.01. The van der Waals surface area contributed by atoms with Gasteiger partial charge in [-0.25, -0.2) is 9.78 Å². The zero-order valence-corrected chi connectivity index (χ0v) is 11.0. The average Bonchev–Trinajstić information content (AvgIpc) is 3.04. The van der Waals surface area contributed by atoms with E-state index in [1.807, 2.05) is 29.7 Å². The van der Waals surface area contributed by atoms with Crippen molar-refractivity contribution >= 4 is 16.9 Å². The molecular formula is C14H14N4O2. The predicted octanol–water partition coefficient (Wildman–Crippen LogP) is 2.00. The van der Waals surface area contributed by atoms with Crippen LogP contribution in [0, 0.1) is 0 Å². The van der Waals surface area contributed by atoms with Crippen molar-refractivity contribution in [2.24, 2.45) is 0 Å². The van der Waals surface area contributed by atoms with E-state index in [2.05, 4.69) is 10.1 Å². The van der Waals surface area contributed by atoms with Gasteiger partial charge < -0.3 is 9.67 Å². The highest BCUT2D eigenvalue weighted by Gasteiger charge is 2.16. The second-order valence-electron chi connectivity index (χ2n) is 4.50. The predicted molar refractivity (Wildman–Crippen MR) is 73.7 cm³/mol. The Kier molecular flexibility index (Phi) is 2.98. The summed E-state index contributed by atoms with van der Waals surface area (Å²) in [5.41, 5.74) is 1.90. The lowest BCUT2D eigenvalue weighted by atomic mass is 10.2. The Balaban J connectivity index is 2.10. The molecule has 6 nitrogen and oxygen atoms in total. The lowest BCUT2D eigenvalue weighted by Crippen LogP contribution is -2.08. The summed E-state index contributed by atoms with van der Waals surface area (Å²) in [6.07, 6.45) is 3.54. The van der Waals surface area contributed by atoms with Crippen molar-refractivity contribution in [1.29, 1.82) is 0 Å². The number of carbonyl (C=O) groups is 1. The maximum atomic E-state index is 11.3. The maximum Gasteiger partial charge on any atom is 0.357 e. The summed E-state index contributed by atoms with van der Waals surface area (Å²) in [7, 11) is 0. The van der Waals surface area contributed by atoms with Gasteiger partial charge in [0.05, 0.1) is 30.3 Å². The van der Waals surface area contributed by atoms with Crippen LogP contribution in [-0.2, 0) is 13.1 Å². The van der Waals surface area contributed by atoms with E-state index in [9.17, 15) is 9.90 Å². The Bertz CT molecular complexity index is 772. The molecule has 1 N–H and O–H groups in total. The Morgan fingerprint density at radius 2 is 2.15 bits per heavy atom. The Hall–Kier alpha value is -2.63. The summed E-state index contributed by atoms with van der Waals surface area (Å²) < 4.78 is 3.72. The largest absolute Gasteiger partial charge is 0.476 e. The summed E-state index contributed by atoms with van der Waals surface area (Å²) in [6, 6.07) is 7.35. The van der Waals surface area contributed by atoms with Crippen LogP contribution in [0.2, 0.25) is 0 Å². The molecule has 1 aromatic carbocycles. The summed E-state index contributed by atoms with van der Waals surface area (Å²) >= 11 is 0. The molecule has 0 aliphatic carbocycles. The van der Waals surface area contributed by atoms with Crippen molar-refractivity contribution in [1.82, 2.24) is 19.3 Å². The lowest BCUT2D eigenvalue weighted by molar-refractivity contribution is 0.0691. The van der Waals surface area contributed by atoms with Gasteiger partial charge in [0.2, 0.25) is 0 Å². The first-order chi connectivity index (χ1) is 9.70. The van der Waals surface area contributed by atoms with Crippen LogP contribution in [0.3, 0.4) is 0 Å². The number of carboxylic acid groups (broad SMARTS) is 1. The van der Waals surface area contributed by atoms with Crippen molar-refractivity contribution in [3.8, 4) is 0 Å². The van der Waals surface area contributed by atoms with Crippen LogP contribution in [0.1, 0.15) is 23.1 Å². The minimum Gasteiger partial charge on any atom is -0.476 e. The van der Waals surface area contributed by atoms with Crippen LogP contribution in [0.5, 0.6) is 0 Å². The van der Waals surface area contributed by atoms with E-state index in [-0.39, 0.29) is 5.69 Å². The molecule has 0 saturated carbocycles. The zero-order chi connectivity index (χ0) is 14.1. The molecule has 0 bridgehead atoms. The van der Waals surface area contributed by atoms with Crippen LogP contribution in [0.25, 0.3) is 10.9 Å². The molecule has 0 fully saturated rings. The molecule has 102 valence electrons. The number of carboxylic acids is 1. The molecule has 3 aromatic rings. The van der Waals surface area contributed by atoms with Gasteiger partial charge in [-0.1, -0.05) is 18.2 Å². The first-order valence-electron chi connectivity index (χ1n) is 6.38. The van der Waals surface area contributed by atoms with Crippen molar-refractivity contribution in [3.63, 3.8) is 0 Å². The third kappa shape index (κ3) is 1.95. The molecule has 0 amide bonds. The number of aryl methyl sites for hydroxylation is 1. The molecule has 20 heavy (non-hydrogen) atoms. The number of aromatic nitrogens is 4. The van der Waals surface area contributed by atoms with Crippen molar-refractivity contribution in [2.75, 3.05) is 0 Å². The van der Waals surface area contributed by atoms with Gasteiger partial charge in [0, 0.05) is 11.9 Å². The molecular weight excluding hydrogens is 256 g/mol. The molecule has 6 heteroatoms. The number of aromatic carboxylic acids is 1. The molecule has 0 radical (unpaired) electrons. The van der Waals surface area contributed by atoms with Crippen LogP contribution in [0.4, 0.5) is 0 Å². The van der Waals surface area contributed by atoms with Crippen LogP contribution in [-0.4, -0.2) is 30.4 Å². The van der Waals surface area contributed by atoms with Crippen molar-refractivity contribution in [3.05, 3.63) is 48.2 Å². The van der Waals surface area contributed by atoms with Crippen molar-refractivity contribution in [2.45, 2.75) is 20.0 Å². The molecule has 0 unspecified atom stereocenters. The minimum absolute atomic E-state index is 0.0863. The number of para-hydroxylation sites is 1. The van der Waals surface area contributed by atoms with E-state index in [0.29, 0.717) is 11.9 Å². The fourth-order valence-corrected chi connectivity index (χ4v) is 2.32. The smallest absolute Gasteiger partial charge is 0.357 e. The molecule has 2 heterocycles. The highest BCUT2D eigenvalue weighted by molar-refractivity contribution is 6.01. The average molecular weight is 270 g/mol. The Morgan fingerprint density at radius 3 is 2.90 bits per heavy atom. The Morgan fingerprint density at radius 1 is 1.35 bits per heavy atom. The SMILES string of the molecule is CCn1cncc1Cn1nc(C(=O)O)c2ccccc21. The maximum absolute atomic E-state index is 11.3. The number of nitrogens with zero attached hydrogens (tertiary/aromatic N) is 4. The van der Waals surface area contributed by atoms with Crippen LogP contribution >= 0.6 is 0 Å². The highest BCUT2D eigenvalue weighted by atomic mass is 16.4. The lowest BCUT2D eigenvalue weighted by Gasteiger charge is -2.06. The Labute approximate surface area is 115 Å². The fourth-order valence-electron chi connectivity index (χ4n) is 2.32. The van der Waals surface area contributed by atoms with E-state index in [1.54, 1.807) is 23.3 Å². The van der Waals surface area contributed by atoms with E-state index in [0.717, 1.165) is 17.8 Å². The number of rotatable bonds is 4. The normalized spacial score (nSPS) is 11.1. The molecule has 0 saturated heterocycles. The summed E-state index contributed by atoms with van der Waals surface area (Å²) in [5, 5.41) is 14.1. The first kappa shape index (κ1) is 12.4. The quantitative estimate of drug-likeness (QED) is 0.787. The topological polar surface area (TPSA) is 72.9 Å². The van der Waals surface area contributed by atoms with E-state index < -0.39 is 5.97 Å². The standard InChI is InChI=1S/C14H14N4O2/c1-2-17-9-15-7-10(17)8-18-12-6-4-3-5-11(12)13(16-18)14(19)20/h3-7,9H,2,8H2,1H3,(H,19,20). The molecule has 2 aromatic heterocycles. The molecule has 3 rings (SSSR count). The molecule has 0 atom stereocenters. The van der Waals surface area contributed by atoms with Crippen LogP contribution in [0.15, 0.2) is 36.8 Å². The highest BCUT2D eigenvalue weighted by Crippen LogP contribution is 2.19.